The van der Waals surface area contributed by atoms with Gasteiger partial charge in [0.15, 0.2) is 17.4 Å². The molecule has 0 bridgehead atoms. The van der Waals surface area contributed by atoms with Crippen molar-refractivity contribution in [2.24, 2.45) is 10.6 Å². The molecule has 1 rings (SSSR count). The number of rotatable bonds is 5. The summed E-state index contributed by atoms with van der Waals surface area (Å²) in [5, 5.41) is 4.92. The molecule has 1 aromatic carbocycles. The van der Waals surface area contributed by atoms with Crippen LogP contribution >= 0.6 is 0 Å². The van der Waals surface area contributed by atoms with Gasteiger partial charge < -0.3 is 4.74 Å². The smallest absolute Gasteiger partial charge is 0.209 e. The second kappa shape index (κ2) is 5.19. The van der Waals surface area contributed by atoms with Crippen molar-refractivity contribution in [3.8, 4) is 5.75 Å². The van der Waals surface area contributed by atoms with E-state index in [9.17, 15) is 17.2 Å². The summed E-state index contributed by atoms with van der Waals surface area (Å²) in [5.41, 5.74) is -0.845. The summed E-state index contributed by atoms with van der Waals surface area (Å²) in [4.78, 5) is 0. The van der Waals surface area contributed by atoms with Gasteiger partial charge in [-0.2, -0.15) is 0 Å². The zero-order valence-electron chi connectivity index (χ0n) is 10.1. The fraction of sp³-hybridized carbons (Fsp3) is 0.455. The third kappa shape index (κ3) is 4.58. The summed E-state index contributed by atoms with van der Waals surface area (Å²) in [6, 6.07) is 3.34. The molecule has 0 radical (unpaired) electrons. The van der Waals surface area contributed by atoms with Gasteiger partial charge in [-0.15, -0.1) is 0 Å². The number of para-hydroxylation sites is 1. The minimum atomic E-state index is -3.67. The molecule has 7 heteroatoms. The van der Waals surface area contributed by atoms with Gasteiger partial charge in [0.1, 0.15) is 0 Å². The Balaban J connectivity index is 2.76. The highest BCUT2D eigenvalue weighted by Crippen LogP contribution is 2.24. The topological polar surface area (TPSA) is 69.4 Å². The number of benzene rings is 1. The Morgan fingerprint density at radius 2 is 1.78 bits per heavy atom. The van der Waals surface area contributed by atoms with E-state index in [4.69, 9.17) is 9.88 Å². The van der Waals surface area contributed by atoms with Crippen LogP contribution in [0, 0.1) is 17.0 Å². The molecule has 0 spiro atoms. The van der Waals surface area contributed by atoms with E-state index in [1.165, 1.54) is 6.07 Å². The molecule has 0 unspecified atom stereocenters. The molecule has 1 aromatic rings. The first-order chi connectivity index (χ1) is 8.11. The Morgan fingerprint density at radius 1 is 1.28 bits per heavy atom. The molecule has 0 saturated carbocycles. The minimum Gasteiger partial charge on any atom is -0.487 e. The number of halogens is 2. The Bertz CT molecular complexity index is 509. The van der Waals surface area contributed by atoms with Crippen LogP contribution in [0.1, 0.15) is 13.8 Å². The average Bonchev–Trinajstić information content (AvgIpc) is 2.12. The van der Waals surface area contributed by atoms with E-state index in [0.717, 1.165) is 12.1 Å². The molecule has 0 aliphatic rings. The van der Waals surface area contributed by atoms with Gasteiger partial charge in [-0.1, -0.05) is 19.9 Å². The van der Waals surface area contributed by atoms with Crippen molar-refractivity contribution in [3.05, 3.63) is 29.8 Å². The maximum absolute atomic E-state index is 13.3. The zero-order valence-corrected chi connectivity index (χ0v) is 10.9. The van der Waals surface area contributed by atoms with Gasteiger partial charge in [0.25, 0.3) is 0 Å². The Kier molecular flexibility index (Phi) is 4.28. The van der Waals surface area contributed by atoms with Crippen LogP contribution in [-0.2, 0) is 10.0 Å². The predicted molar refractivity (Wildman–Crippen MR) is 63.6 cm³/mol. The van der Waals surface area contributed by atoms with E-state index in [0.29, 0.717) is 0 Å². The lowest BCUT2D eigenvalue weighted by molar-refractivity contribution is 0.185. The van der Waals surface area contributed by atoms with Crippen molar-refractivity contribution in [3.63, 3.8) is 0 Å². The number of sulfonamides is 1. The third-order valence-electron chi connectivity index (χ3n) is 2.12. The van der Waals surface area contributed by atoms with Crippen molar-refractivity contribution < 1.29 is 21.9 Å². The molecule has 2 N–H and O–H groups in total. The van der Waals surface area contributed by atoms with E-state index in [1.807, 2.05) is 0 Å². The maximum atomic E-state index is 13.3. The highest BCUT2D eigenvalue weighted by atomic mass is 32.2. The summed E-state index contributed by atoms with van der Waals surface area (Å²) < 4.78 is 53.5. The summed E-state index contributed by atoms with van der Waals surface area (Å²) in [7, 11) is -3.67. The molecule has 0 aromatic heterocycles. The summed E-state index contributed by atoms with van der Waals surface area (Å²) in [6.07, 6.45) is 0. The van der Waals surface area contributed by atoms with Crippen LogP contribution in [0.15, 0.2) is 18.2 Å². The number of primary sulfonamides is 1. The van der Waals surface area contributed by atoms with Crippen LogP contribution in [0.2, 0.25) is 0 Å². The Labute approximate surface area is 105 Å². The predicted octanol–water partition coefficient (Wildman–Crippen LogP) is 1.66. The maximum Gasteiger partial charge on any atom is 0.209 e. The highest BCUT2D eigenvalue weighted by molar-refractivity contribution is 7.89. The molecule has 0 aliphatic carbocycles. The second-order valence-corrected chi connectivity index (χ2v) is 6.43. The van der Waals surface area contributed by atoms with Gasteiger partial charge in [-0.3, -0.25) is 0 Å². The molecule has 0 amide bonds. The normalized spacial score (nSPS) is 12.5. The third-order valence-corrected chi connectivity index (χ3v) is 3.30. The van der Waals surface area contributed by atoms with Gasteiger partial charge in [0, 0.05) is 5.41 Å². The lowest BCUT2D eigenvalue weighted by Gasteiger charge is -2.23. The van der Waals surface area contributed by atoms with Crippen molar-refractivity contribution in [2.45, 2.75) is 13.8 Å². The first-order valence-electron chi connectivity index (χ1n) is 5.18. The number of ether oxygens (including phenoxy) is 1. The van der Waals surface area contributed by atoms with E-state index in [1.54, 1.807) is 13.8 Å². The van der Waals surface area contributed by atoms with E-state index in [-0.39, 0.29) is 12.4 Å². The van der Waals surface area contributed by atoms with Crippen molar-refractivity contribution in [2.75, 3.05) is 12.4 Å². The van der Waals surface area contributed by atoms with Gasteiger partial charge >= 0.3 is 0 Å². The van der Waals surface area contributed by atoms with E-state index in [2.05, 4.69) is 0 Å². The van der Waals surface area contributed by atoms with E-state index < -0.39 is 32.8 Å². The van der Waals surface area contributed by atoms with Crippen molar-refractivity contribution >= 4 is 10.0 Å². The lowest BCUT2D eigenvalue weighted by atomic mass is 9.98. The van der Waals surface area contributed by atoms with Crippen LogP contribution in [0.25, 0.3) is 0 Å². The standard InChI is InChI=1S/C11H15F2NO3S/c1-11(2,7-18(14,15)16)6-17-10-8(12)4-3-5-9(10)13/h3-5H,6-7H2,1-2H3,(H2,14,15,16). The first kappa shape index (κ1) is 14.8. The van der Waals surface area contributed by atoms with Crippen LogP contribution in [0.5, 0.6) is 5.75 Å². The highest BCUT2D eigenvalue weighted by Gasteiger charge is 2.26. The van der Waals surface area contributed by atoms with Crippen molar-refractivity contribution in [1.82, 2.24) is 0 Å². The summed E-state index contributed by atoms with van der Waals surface area (Å²) in [6.45, 7) is 2.99. The SMILES string of the molecule is CC(C)(COc1c(F)cccc1F)CS(N)(=O)=O. The minimum absolute atomic E-state index is 0.165. The molecule has 0 aliphatic heterocycles. The summed E-state index contributed by atoms with van der Waals surface area (Å²) in [5.74, 6) is -2.52. The molecule has 0 atom stereocenters. The van der Waals surface area contributed by atoms with Gasteiger partial charge in [-0.05, 0) is 12.1 Å². The molecule has 102 valence electrons. The zero-order chi connectivity index (χ0) is 14.0. The van der Waals surface area contributed by atoms with Gasteiger partial charge in [0.2, 0.25) is 10.0 Å². The first-order valence-corrected chi connectivity index (χ1v) is 6.90. The molecule has 0 fully saturated rings. The fourth-order valence-corrected chi connectivity index (χ4v) is 2.65. The Hall–Kier alpha value is -1.21. The number of hydrogen-bond donors (Lipinski definition) is 1. The number of hydrogen-bond acceptors (Lipinski definition) is 3. The molecular weight excluding hydrogens is 264 g/mol. The lowest BCUT2D eigenvalue weighted by Crippen LogP contribution is -2.33. The molecular formula is C11H15F2NO3S. The van der Waals surface area contributed by atoms with E-state index >= 15 is 0 Å². The molecule has 0 heterocycles. The van der Waals surface area contributed by atoms with Crippen molar-refractivity contribution in [1.29, 1.82) is 0 Å². The monoisotopic (exact) mass is 279 g/mol. The van der Waals surface area contributed by atoms with Gasteiger partial charge in [0.05, 0.1) is 12.4 Å². The Morgan fingerprint density at radius 3 is 2.22 bits per heavy atom. The fourth-order valence-electron chi connectivity index (χ4n) is 1.47. The summed E-state index contributed by atoms with van der Waals surface area (Å²) >= 11 is 0. The largest absolute Gasteiger partial charge is 0.487 e. The van der Waals surface area contributed by atoms with Crippen LogP contribution in [0.4, 0.5) is 8.78 Å². The van der Waals surface area contributed by atoms with Crippen LogP contribution in [0.3, 0.4) is 0 Å². The number of nitrogens with two attached hydrogens (primary N) is 1. The second-order valence-electron chi connectivity index (χ2n) is 4.81. The molecule has 0 saturated heterocycles. The quantitative estimate of drug-likeness (QED) is 0.891. The van der Waals surface area contributed by atoms with Crippen LogP contribution in [-0.4, -0.2) is 20.8 Å². The van der Waals surface area contributed by atoms with Gasteiger partial charge in [-0.25, -0.2) is 22.3 Å². The molecule has 18 heavy (non-hydrogen) atoms. The molecule has 4 nitrogen and oxygen atoms in total. The van der Waals surface area contributed by atoms with Crippen LogP contribution < -0.4 is 9.88 Å². The average molecular weight is 279 g/mol.